The predicted molar refractivity (Wildman–Crippen MR) is 94.2 cm³/mol. The maximum Gasteiger partial charge on any atom is 0.338 e. The summed E-state index contributed by atoms with van der Waals surface area (Å²) in [6.07, 6.45) is 0. The second-order valence-corrected chi connectivity index (χ2v) is 5.52. The zero-order valence-electron chi connectivity index (χ0n) is 14.2. The lowest BCUT2D eigenvalue weighted by molar-refractivity contribution is 0.0526. The molecule has 6 nitrogen and oxygen atoms in total. The van der Waals surface area contributed by atoms with Crippen LogP contribution in [-0.2, 0) is 11.3 Å². The maximum atomic E-state index is 11.6. The normalized spacial score (nSPS) is 10.5. The Hall–Kier alpha value is -3.15. The van der Waals surface area contributed by atoms with E-state index in [1.807, 2.05) is 43.3 Å². The summed E-state index contributed by atoms with van der Waals surface area (Å²) in [6, 6.07) is 15.0. The van der Waals surface area contributed by atoms with E-state index in [4.69, 9.17) is 9.15 Å². The summed E-state index contributed by atoms with van der Waals surface area (Å²) in [7, 11) is 0. The fourth-order valence-corrected chi connectivity index (χ4v) is 2.34. The number of carbonyl (C=O) groups is 1. The zero-order valence-corrected chi connectivity index (χ0v) is 14.2. The number of benzene rings is 2. The monoisotopic (exact) mass is 337 g/mol. The zero-order chi connectivity index (χ0) is 17.6. The van der Waals surface area contributed by atoms with Crippen LogP contribution in [0.25, 0.3) is 11.5 Å². The second-order valence-electron chi connectivity index (χ2n) is 5.52. The molecule has 3 aromatic rings. The van der Waals surface area contributed by atoms with Gasteiger partial charge >= 0.3 is 5.97 Å². The van der Waals surface area contributed by atoms with Crippen LogP contribution in [0.15, 0.2) is 52.9 Å². The van der Waals surface area contributed by atoms with Crippen LogP contribution in [-0.4, -0.2) is 22.8 Å². The molecule has 0 atom stereocenters. The molecule has 1 heterocycles. The number of nitrogens with zero attached hydrogens (tertiary/aromatic N) is 2. The molecular formula is C19H19N3O3. The summed E-state index contributed by atoms with van der Waals surface area (Å²) in [5, 5.41) is 11.3. The molecule has 2 aromatic carbocycles. The molecule has 1 aromatic heterocycles. The molecule has 128 valence electrons. The van der Waals surface area contributed by atoms with Crippen molar-refractivity contribution in [3.8, 4) is 11.5 Å². The first-order valence-corrected chi connectivity index (χ1v) is 8.06. The average Bonchev–Trinajstić information content (AvgIpc) is 3.10. The minimum atomic E-state index is -0.325. The summed E-state index contributed by atoms with van der Waals surface area (Å²) in [6.45, 7) is 4.56. The van der Waals surface area contributed by atoms with Crippen LogP contribution in [0.4, 0.5) is 5.69 Å². The van der Waals surface area contributed by atoms with Crippen LogP contribution in [0.1, 0.15) is 28.7 Å². The van der Waals surface area contributed by atoms with E-state index in [9.17, 15) is 4.79 Å². The molecular weight excluding hydrogens is 318 g/mol. The van der Waals surface area contributed by atoms with Crippen LogP contribution in [0.2, 0.25) is 0 Å². The molecule has 0 saturated carbocycles. The van der Waals surface area contributed by atoms with E-state index < -0.39 is 0 Å². The first-order chi connectivity index (χ1) is 12.2. The number of esters is 1. The third-order valence-electron chi connectivity index (χ3n) is 3.57. The van der Waals surface area contributed by atoms with Crippen LogP contribution >= 0.6 is 0 Å². The maximum absolute atomic E-state index is 11.6. The Morgan fingerprint density at radius 3 is 2.68 bits per heavy atom. The third kappa shape index (κ3) is 4.23. The summed E-state index contributed by atoms with van der Waals surface area (Å²) in [5.74, 6) is 0.665. The van der Waals surface area contributed by atoms with Crippen molar-refractivity contribution in [3.05, 3.63) is 65.5 Å². The fourth-order valence-electron chi connectivity index (χ4n) is 2.34. The van der Waals surface area contributed by atoms with Crippen LogP contribution in [0.3, 0.4) is 0 Å². The molecule has 0 unspecified atom stereocenters. The molecule has 6 heteroatoms. The van der Waals surface area contributed by atoms with Crippen molar-refractivity contribution >= 4 is 11.7 Å². The highest BCUT2D eigenvalue weighted by atomic mass is 16.5. The summed E-state index contributed by atoms with van der Waals surface area (Å²) in [4.78, 5) is 11.6. The third-order valence-corrected chi connectivity index (χ3v) is 3.57. The Balaban J connectivity index is 1.61. The lowest BCUT2D eigenvalue weighted by Crippen LogP contribution is -2.05. The van der Waals surface area contributed by atoms with Gasteiger partial charge in [-0.15, -0.1) is 10.2 Å². The molecule has 0 aliphatic heterocycles. The average molecular weight is 337 g/mol. The van der Waals surface area contributed by atoms with Crippen molar-refractivity contribution < 1.29 is 13.9 Å². The van der Waals surface area contributed by atoms with E-state index in [1.54, 1.807) is 19.1 Å². The van der Waals surface area contributed by atoms with Gasteiger partial charge < -0.3 is 14.5 Å². The Labute approximate surface area is 145 Å². The number of ether oxygens (including phenoxy) is 1. The smallest absolute Gasteiger partial charge is 0.338 e. The molecule has 0 saturated heterocycles. The largest absolute Gasteiger partial charge is 0.462 e. The van der Waals surface area contributed by atoms with Crippen LogP contribution in [0, 0.1) is 6.92 Å². The van der Waals surface area contributed by atoms with Gasteiger partial charge in [0.1, 0.15) is 0 Å². The molecule has 0 spiro atoms. The van der Waals surface area contributed by atoms with E-state index in [-0.39, 0.29) is 5.97 Å². The summed E-state index contributed by atoms with van der Waals surface area (Å²) < 4.78 is 10.6. The minimum Gasteiger partial charge on any atom is -0.462 e. The predicted octanol–water partition coefficient (Wildman–Crippen LogP) is 3.83. The van der Waals surface area contributed by atoms with Crippen molar-refractivity contribution in [1.82, 2.24) is 10.2 Å². The number of carbonyl (C=O) groups excluding carboxylic acids is 1. The van der Waals surface area contributed by atoms with E-state index >= 15 is 0 Å². The first-order valence-electron chi connectivity index (χ1n) is 8.06. The number of aryl methyl sites for hydroxylation is 1. The molecule has 0 radical (unpaired) electrons. The number of aromatic nitrogens is 2. The topological polar surface area (TPSA) is 77.2 Å². The van der Waals surface area contributed by atoms with E-state index in [2.05, 4.69) is 15.5 Å². The number of hydrogen-bond donors (Lipinski definition) is 1. The number of nitrogens with one attached hydrogen (secondary N) is 1. The van der Waals surface area contributed by atoms with Gasteiger partial charge in [0.05, 0.1) is 18.7 Å². The molecule has 0 bridgehead atoms. The lowest BCUT2D eigenvalue weighted by Gasteiger charge is -2.05. The van der Waals surface area contributed by atoms with Crippen molar-refractivity contribution in [2.45, 2.75) is 20.4 Å². The Morgan fingerprint density at radius 2 is 1.96 bits per heavy atom. The Kier molecular flexibility index (Phi) is 5.09. The standard InChI is InChI=1S/C19H19N3O3/c1-3-24-19(23)14-7-9-16(10-8-14)20-12-17-21-22-18(25-17)15-6-4-5-13(2)11-15/h4-11,20H,3,12H2,1-2H3. The van der Waals surface area contributed by atoms with Gasteiger partial charge in [0.25, 0.3) is 0 Å². The Bertz CT molecular complexity index is 856. The van der Waals surface area contributed by atoms with Crippen molar-refractivity contribution in [3.63, 3.8) is 0 Å². The van der Waals surface area contributed by atoms with E-state index in [1.165, 1.54) is 0 Å². The van der Waals surface area contributed by atoms with Gasteiger partial charge in [-0.2, -0.15) is 0 Å². The number of anilines is 1. The first kappa shape index (κ1) is 16.7. The number of hydrogen-bond acceptors (Lipinski definition) is 6. The van der Waals surface area contributed by atoms with Gasteiger partial charge in [-0.05, 0) is 50.2 Å². The van der Waals surface area contributed by atoms with Gasteiger partial charge in [-0.3, -0.25) is 0 Å². The van der Waals surface area contributed by atoms with Gasteiger partial charge in [0.2, 0.25) is 11.8 Å². The van der Waals surface area contributed by atoms with E-state index in [0.29, 0.717) is 30.5 Å². The quantitative estimate of drug-likeness (QED) is 0.689. The summed E-state index contributed by atoms with van der Waals surface area (Å²) >= 11 is 0. The summed E-state index contributed by atoms with van der Waals surface area (Å²) in [5.41, 5.74) is 3.41. The van der Waals surface area contributed by atoms with Crippen LogP contribution < -0.4 is 5.32 Å². The van der Waals surface area contributed by atoms with Crippen LogP contribution in [0.5, 0.6) is 0 Å². The molecule has 0 aliphatic carbocycles. The highest BCUT2D eigenvalue weighted by Crippen LogP contribution is 2.19. The Morgan fingerprint density at radius 1 is 1.16 bits per heavy atom. The lowest BCUT2D eigenvalue weighted by atomic mass is 10.1. The highest BCUT2D eigenvalue weighted by molar-refractivity contribution is 5.89. The van der Waals surface area contributed by atoms with Crippen molar-refractivity contribution in [2.75, 3.05) is 11.9 Å². The molecule has 0 aliphatic rings. The number of rotatable bonds is 6. The van der Waals surface area contributed by atoms with E-state index in [0.717, 1.165) is 16.8 Å². The molecule has 25 heavy (non-hydrogen) atoms. The highest BCUT2D eigenvalue weighted by Gasteiger charge is 2.09. The minimum absolute atomic E-state index is 0.325. The van der Waals surface area contributed by atoms with Crippen molar-refractivity contribution in [2.24, 2.45) is 0 Å². The van der Waals surface area contributed by atoms with Gasteiger partial charge in [-0.25, -0.2) is 4.79 Å². The fraction of sp³-hybridized carbons (Fsp3) is 0.211. The van der Waals surface area contributed by atoms with Gasteiger partial charge in [0, 0.05) is 11.3 Å². The molecule has 3 rings (SSSR count). The molecule has 0 amide bonds. The molecule has 0 fully saturated rings. The molecule has 1 N–H and O–H groups in total. The SMILES string of the molecule is CCOC(=O)c1ccc(NCc2nnc(-c3cccc(C)c3)o2)cc1. The second kappa shape index (κ2) is 7.61. The van der Waals surface area contributed by atoms with Crippen molar-refractivity contribution in [1.29, 1.82) is 0 Å². The van der Waals surface area contributed by atoms with Gasteiger partial charge in [-0.1, -0.05) is 17.7 Å². The van der Waals surface area contributed by atoms with Gasteiger partial charge in [0.15, 0.2) is 0 Å².